The second-order valence-electron chi connectivity index (χ2n) is 5.41. The number of likely N-dealkylation sites (N-methyl/N-ethyl adjacent to an activating group) is 1. The molecule has 0 aliphatic rings. The first-order valence-electron chi connectivity index (χ1n) is 7.22. The van der Waals surface area contributed by atoms with Gasteiger partial charge in [-0.05, 0) is 30.2 Å². The van der Waals surface area contributed by atoms with Gasteiger partial charge in [-0.25, -0.2) is 4.68 Å². The van der Waals surface area contributed by atoms with Gasteiger partial charge in [-0.3, -0.25) is 4.79 Å². The van der Waals surface area contributed by atoms with E-state index in [1.54, 1.807) is 9.58 Å². The number of carbonyl (C=O) groups is 1. The first kappa shape index (κ1) is 14.3. The molecule has 5 heteroatoms. The highest BCUT2D eigenvalue weighted by Crippen LogP contribution is 2.12. The lowest BCUT2D eigenvalue weighted by Gasteiger charge is -2.18. The van der Waals surface area contributed by atoms with Gasteiger partial charge >= 0.3 is 0 Å². The normalized spacial score (nSPS) is 10.8. The van der Waals surface area contributed by atoms with E-state index in [4.69, 9.17) is 0 Å². The summed E-state index contributed by atoms with van der Waals surface area (Å²) < 4.78 is 1.64. The van der Waals surface area contributed by atoms with Crippen molar-refractivity contribution in [1.82, 2.24) is 19.9 Å². The maximum Gasteiger partial charge on any atom is 0.244 e. The van der Waals surface area contributed by atoms with Gasteiger partial charge in [0.05, 0.1) is 5.52 Å². The van der Waals surface area contributed by atoms with Gasteiger partial charge in [0.25, 0.3) is 0 Å². The molecule has 0 spiro atoms. The van der Waals surface area contributed by atoms with Crippen molar-refractivity contribution in [3.8, 4) is 0 Å². The summed E-state index contributed by atoms with van der Waals surface area (Å²) in [5.41, 5.74) is 4.02. The molecule has 22 heavy (non-hydrogen) atoms. The molecule has 0 saturated carbocycles. The minimum absolute atomic E-state index is 0.0129. The second kappa shape index (κ2) is 5.97. The highest BCUT2D eigenvalue weighted by molar-refractivity contribution is 5.79. The summed E-state index contributed by atoms with van der Waals surface area (Å²) >= 11 is 0. The van der Waals surface area contributed by atoms with Gasteiger partial charge < -0.3 is 4.90 Å². The minimum atomic E-state index is 0.0129. The number of aromatic nitrogens is 3. The zero-order chi connectivity index (χ0) is 15.5. The zero-order valence-electron chi connectivity index (χ0n) is 12.7. The smallest absolute Gasteiger partial charge is 0.244 e. The lowest BCUT2D eigenvalue weighted by atomic mass is 10.1. The molecule has 3 aromatic rings. The molecular weight excluding hydrogens is 276 g/mol. The SMILES string of the molecule is Cc1ccccc1CN(C)C(=O)Cn1nnc2ccccc21. The van der Waals surface area contributed by atoms with E-state index in [9.17, 15) is 4.79 Å². The standard InChI is InChI=1S/C17H18N4O/c1-13-7-3-4-8-14(13)11-20(2)17(22)12-21-16-10-6-5-9-15(16)18-19-21/h3-10H,11-12H2,1-2H3. The first-order chi connectivity index (χ1) is 10.6. The van der Waals surface area contributed by atoms with Crippen molar-refractivity contribution in [3.63, 3.8) is 0 Å². The Hall–Kier alpha value is -2.69. The van der Waals surface area contributed by atoms with E-state index in [-0.39, 0.29) is 12.5 Å². The number of hydrogen-bond acceptors (Lipinski definition) is 3. The van der Waals surface area contributed by atoms with E-state index < -0.39 is 0 Å². The Bertz CT molecular complexity index is 809. The van der Waals surface area contributed by atoms with E-state index in [0.717, 1.165) is 16.6 Å². The van der Waals surface area contributed by atoms with E-state index in [2.05, 4.69) is 23.3 Å². The Labute approximate surface area is 129 Å². The van der Waals surface area contributed by atoms with Crippen molar-refractivity contribution in [2.45, 2.75) is 20.0 Å². The molecule has 1 aromatic heterocycles. The van der Waals surface area contributed by atoms with Crippen molar-refractivity contribution in [1.29, 1.82) is 0 Å². The molecule has 0 saturated heterocycles. The molecule has 1 heterocycles. The summed E-state index contributed by atoms with van der Waals surface area (Å²) in [6.07, 6.45) is 0. The number of rotatable bonds is 4. The third-order valence-electron chi connectivity index (χ3n) is 3.80. The van der Waals surface area contributed by atoms with Crippen LogP contribution in [0.2, 0.25) is 0 Å². The predicted molar refractivity (Wildman–Crippen MR) is 85.2 cm³/mol. The summed E-state index contributed by atoms with van der Waals surface area (Å²) in [4.78, 5) is 14.1. The number of nitrogens with zero attached hydrogens (tertiary/aromatic N) is 4. The lowest BCUT2D eigenvalue weighted by Crippen LogP contribution is -2.30. The summed E-state index contributed by atoms with van der Waals surface area (Å²) in [5.74, 6) is 0.0129. The molecule has 0 unspecified atom stereocenters. The Kier molecular flexibility index (Phi) is 3.87. The third-order valence-corrected chi connectivity index (χ3v) is 3.80. The molecule has 1 amide bonds. The molecule has 0 N–H and O–H groups in total. The Balaban J connectivity index is 1.73. The Morgan fingerprint density at radius 1 is 1.14 bits per heavy atom. The largest absolute Gasteiger partial charge is 0.340 e. The quantitative estimate of drug-likeness (QED) is 0.742. The van der Waals surface area contributed by atoms with Crippen LogP contribution in [0.5, 0.6) is 0 Å². The lowest BCUT2D eigenvalue weighted by molar-refractivity contribution is -0.131. The molecule has 0 atom stereocenters. The number of aryl methyl sites for hydroxylation is 1. The molecule has 0 radical (unpaired) electrons. The second-order valence-corrected chi connectivity index (χ2v) is 5.41. The molecule has 0 fully saturated rings. The molecular formula is C17H18N4O. The number of benzene rings is 2. The predicted octanol–water partition coefficient (Wildman–Crippen LogP) is 2.40. The highest BCUT2D eigenvalue weighted by Gasteiger charge is 2.13. The van der Waals surface area contributed by atoms with Gasteiger partial charge in [-0.1, -0.05) is 41.6 Å². The minimum Gasteiger partial charge on any atom is -0.340 e. The van der Waals surface area contributed by atoms with Crippen LogP contribution in [0.3, 0.4) is 0 Å². The van der Waals surface area contributed by atoms with Crippen LogP contribution in [0.15, 0.2) is 48.5 Å². The number of para-hydroxylation sites is 1. The third kappa shape index (κ3) is 2.83. The molecule has 5 nitrogen and oxygen atoms in total. The topological polar surface area (TPSA) is 51.0 Å². The van der Waals surface area contributed by atoms with E-state index >= 15 is 0 Å². The number of hydrogen-bond donors (Lipinski definition) is 0. The van der Waals surface area contributed by atoms with Crippen LogP contribution in [0, 0.1) is 6.92 Å². The fourth-order valence-corrected chi connectivity index (χ4v) is 2.41. The maximum absolute atomic E-state index is 12.4. The van der Waals surface area contributed by atoms with Gasteiger partial charge in [0, 0.05) is 13.6 Å². The fourth-order valence-electron chi connectivity index (χ4n) is 2.41. The van der Waals surface area contributed by atoms with Gasteiger partial charge in [0.1, 0.15) is 12.1 Å². The number of carbonyl (C=O) groups excluding carboxylic acids is 1. The maximum atomic E-state index is 12.4. The van der Waals surface area contributed by atoms with Crippen LogP contribution in [-0.4, -0.2) is 32.8 Å². The Morgan fingerprint density at radius 3 is 2.68 bits per heavy atom. The molecule has 0 aliphatic carbocycles. The van der Waals surface area contributed by atoms with Gasteiger partial charge in [-0.2, -0.15) is 0 Å². The average molecular weight is 294 g/mol. The molecule has 3 rings (SSSR count). The number of fused-ring (bicyclic) bond motifs is 1. The molecule has 2 aromatic carbocycles. The first-order valence-corrected chi connectivity index (χ1v) is 7.22. The summed E-state index contributed by atoms with van der Waals surface area (Å²) in [7, 11) is 1.81. The summed E-state index contributed by atoms with van der Waals surface area (Å²) in [5, 5.41) is 8.13. The van der Waals surface area contributed by atoms with Crippen molar-refractivity contribution in [2.24, 2.45) is 0 Å². The average Bonchev–Trinajstić information content (AvgIpc) is 2.93. The van der Waals surface area contributed by atoms with Crippen LogP contribution in [0.25, 0.3) is 11.0 Å². The zero-order valence-corrected chi connectivity index (χ0v) is 12.7. The van der Waals surface area contributed by atoms with Crippen LogP contribution in [0.1, 0.15) is 11.1 Å². The molecule has 112 valence electrons. The van der Waals surface area contributed by atoms with Gasteiger partial charge in [0.15, 0.2) is 0 Å². The number of amides is 1. The van der Waals surface area contributed by atoms with Crippen molar-refractivity contribution < 1.29 is 4.79 Å². The highest BCUT2D eigenvalue weighted by atomic mass is 16.2. The van der Waals surface area contributed by atoms with Crippen LogP contribution in [-0.2, 0) is 17.9 Å². The molecule has 0 aliphatic heterocycles. The van der Waals surface area contributed by atoms with E-state index in [0.29, 0.717) is 6.54 Å². The fraction of sp³-hybridized carbons (Fsp3) is 0.235. The van der Waals surface area contributed by atoms with E-state index in [1.807, 2.05) is 49.5 Å². The van der Waals surface area contributed by atoms with Crippen LogP contribution in [0.4, 0.5) is 0 Å². The summed E-state index contributed by atoms with van der Waals surface area (Å²) in [6, 6.07) is 15.7. The summed E-state index contributed by atoms with van der Waals surface area (Å²) in [6.45, 7) is 2.85. The van der Waals surface area contributed by atoms with Crippen molar-refractivity contribution in [2.75, 3.05) is 7.05 Å². The van der Waals surface area contributed by atoms with Crippen LogP contribution < -0.4 is 0 Å². The van der Waals surface area contributed by atoms with Gasteiger partial charge in [-0.15, -0.1) is 5.10 Å². The van der Waals surface area contributed by atoms with E-state index in [1.165, 1.54) is 5.56 Å². The molecule has 0 bridgehead atoms. The van der Waals surface area contributed by atoms with Crippen molar-refractivity contribution >= 4 is 16.9 Å². The van der Waals surface area contributed by atoms with Gasteiger partial charge in [0.2, 0.25) is 5.91 Å². The Morgan fingerprint density at radius 2 is 1.86 bits per heavy atom. The van der Waals surface area contributed by atoms with Crippen molar-refractivity contribution in [3.05, 3.63) is 59.7 Å². The monoisotopic (exact) mass is 294 g/mol. The van der Waals surface area contributed by atoms with Crippen LogP contribution >= 0.6 is 0 Å².